The zero-order valence-corrected chi connectivity index (χ0v) is 13.1. The van der Waals surface area contributed by atoms with Crippen LogP contribution in [-0.2, 0) is 4.74 Å². The van der Waals surface area contributed by atoms with Gasteiger partial charge < -0.3 is 19.7 Å². The van der Waals surface area contributed by atoms with Crippen LogP contribution in [0.25, 0.3) is 0 Å². The van der Waals surface area contributed by atoms with Gasteiger partial charge in [-0.05, 0) is 39.0 Å². The molecule has 0 aliphatic rings. The molecule has 0 amide bonds. The second kappa shape index (κ2) is 7.85. The highest BCUT2D eigenvalue weighted by atomic mass is 79.9. The van der Waals surface area contributed by atoms with E-state index >= 15 is 0 Å². The first kappa shape index (κ1) is 16.4. The molecule has 0 saturated carbocycles. The quantitative estimate of drug-likeness (QED) is 0.805. The van der Waals surface area contributed by atoms with Gasteiger partial charge in [-0.3, -0.25) is 0 Å². The number of benzene rings is 1. The molecule has 1 aromatic rings. The Kier molecular flexibility index (Phi) is 6.79. The van der Waals surface area contributed by atoms with Gasteiger partial charge in [-0.15, -0.1) is 0 Å². The maximum absolute atomic E-state index is 9.72. The largest absolute Gasteiger partial charge is 0.490 e. The van der Waals surface area contributed by atoms with Gasteiger partial charge in [0.2, 0.25) is 0 Å². The summed E-state index contributed by atoms with van der Waals surface area (Å²) in [6.07, 6.45) is -1.24. The van der Waals surface area contributed by atoms with E-state index in [-0.39, 0.29) is 19.3 Å². The second-order valence-electron chi connectivity index (χ2n) is 4.71. The summed E-state index contributed by atoms with van der Waals surface area (Å²) in [6, 6.07) is 5.40. The zero-order valence-electron chi connectivity index (χ0n) is 11.5. The highest BCUT2D eigenvalue weighted by Crippen LogP contribution is 2.28. The summed E-state index contributed by atoms with van der Waals surface area (Å²) in [5, 5.41) is 19.4. The molecule has 0 radical (unpaired) electrons. The number of hydrogen-bond donors (Lipinski definition) is 2. The van der Waals surface area contributed by atoms with Crippen molar-refractivity contribution in [3.8, 4) is 5.75 Å². The topological polar surface area (TPSA) is 58.9 Å². The van der Waals surface area contributed by atoms with Gasteiger partial charge in [0.25, 0.3) is 0 Å². The first-order valence-corrected chi connectivity index (χ1v) is 7.09. The molecule has 0 bridgehead atoms. The minimum atomic E-state index is -0.687. The number of aliphatic hydroxyl groups is 2. The Morgan fingerprint density at radius 3 is 2.42 bits per heavy atom. The summed E-state index contributed by atoms with van der Waals surface area (Å²) >= 11 is 3.35. The summed E-state index contributed by atoms with van der Waals surface area (Å²) in [5.74, 6) is 0.571. The zero-order chi connectivity index (χ0) is 14.4. The lowest BCUT2D eigenvalue weighted by Crippen LogP contribution is -2.25. The van der Waals surface area contributed by atoms with Gasteiger partial charge in [0.05, 0.1) is 18.8 Å². The van der Waals surface area contributed by atoms with Crippen molar-refractivity contribution < 1.29 is 19.7 Å². The van der Waals surface area contributed by atoms with Gasteiger partial charge in [0, 0.05) is 10.0 Å². The van der Waals surface area contributed by atoms with Gasteiger partial charge in [0.15, 0.2) is 0 Å². The Morgan fingerprint density at radius 2 is 1.84 bits per heavy atom. The molecule has 0 saturated heterocycles. The van der Waals surface area contributed by atoms with E-state index < -0.39 is 12.2 Å². The third-order valence-corrected chi connectivity index (χ3v) is 2.97. The molecule has 2 atom stereocenters. The molecule has 0 fully saturated rings. The van der Waals surface area contributed by atoms with E-state index in [4.69, 9.17) is 9.47 Å². The Balaban J connectivity index is 2.57. The van der Waals surface area contributed by atoms with Crippen LogP contribution in [0.2, 0.25) is 0 Å². The minimum Gasteiger partial charge on any atom is -0.490 e. The fraction of sp³-hybridized carbons (Fsp3) is 0.571. The third-order valence-electron chi connectivity index (χ3n) is 2.48. The molecular weight excluding hydrogens is 312 g/mol. The molecular formula is C14H21BrO4. The van der Waals surface area contributed by atoms with Crippen molar-refractivity contribution in [1.29, 1.82) is 0 Å². The molecule has 1 aromatic carbocycles. The molecule has 108 valence electrons. The standard InChI is InChI=1S/C14H21BrO4/c1-9(2)18-7-12(17)8-19-14-5-4-11(15)6-13(14)10(3)16/h4-6,9-10,12,16-17H,7-8H2,1-3H3/t10-,12?/m0/s1. The van der Waals surface area contributed by atoms with Crippen LogP contribution in [0, 0.1) is 0 Å². The Bertz CT molecular complexity index is 393. The van der Waals surface area contributed by atoms with Crippen LogP contribution in [0.15, 0.2) is 22.7 Å². The normalized spacial score (nSPS) is 14.5. The maximum atomic E-state index is 9.72. The molecule has 0 heterocycles. The Morgan fingerprint density at radius 1 is 1.16 bits per heavy atom. The molecule has 1 unspecified atom stereocenters. The van der Waals surface area contributed by atoms with Crippen LogP contribution in [0.5, 0.6) is 5.75 Å². The lowest BCUT2D eigenvalue weighted by atomic mass is 10.1. The molecule has 5 heteroatoms. The van der Waals surface area contributed by atoms with Gasteiger partial charge in [-0.1, -0.05) is 15.9 Å². The fourth-order valence-corrected chi connectivity index (χ4v) is 1.89. The van der Waals surface area contributed by atoms with Crippen molar-refractivity contribution in [2.45, 2.75) is 39.1 Å². The molecule has 4 nitrogen and oxygen atoms in total. The molecule has 0 aliphatic carbocycles. The van der Waals surface area contributed by atoms with Crippen LogP contribution in [-0.4, -0.2) is 35.6 Å². The predicted molar refractivity (Wildman–Crippen MR) is 77.4 cm³/mol. The first-order chi connectivity index (χ1) is 8.90. The number of aliphatic hydroxyl groups excluding tert-OH is 2. The van der Waals surface area contributed by atoms with Crippen molar-refractivity contribution in [2.24, 2.45) is 0 Å². The smallest absolute Gasteiger partial charge is 0.125 e. The summed E-state index contributed by atoms with van der Waals surface area (Å²) in [7, 11) is 0. The predicted octanol–water partition coefficient (Wildman–Crippen LogP) is 2.67. The van der Waals surface area contributed by atoms with E-state index in [0.29, 0.717) is 11.3 Å². The molecule has 2 N–H and O–H groups in total. The van der Waals surface area contributed by atoms with Crippen molar-refractivity contribution >= 4 is 15.9 Å². The van der Waals surface area contributed by atoms with E-state index in [1.165, 1.54) is 0 Å². The van der Waals surface area contributed by atoms with Gasteiger partial charge >= 0.3 is 0 Å². The van der Waals surface area contributed by atoms with Gasteiger partial charge in [0.1, 0.15) is 18.5 Å². The van der Waals surface area contributed by atoms with Crippen LogP contribution < -0.4 is 4.74 Å². The summed E-state index contributed by atoms with van der Waals surface area (Å²) in [5.41, 5.74) is 0.686. The molecule has 0 aliphatic heterocycles. The Hall–Kier alpha value is -0.620. The van der Waals surface area contributed by atoms with E-state index in [1.807, 2.05) is 19.9 Å². The lowest BCUT2D eigenvalue weighted by Gasteiger charge is -2.17. The summed E-state index contributed by atoms with van der Waals surface area (Å²) in [6.45, 7) is 5.86. The van der Waals surface area contributed by atoms with E-state index in [1.54, 1.807) is 19.1 Å². The minimum absolute atomic E-state index is 0.0790. The van der Waals surface area contributed by atoms with Crippen molar-refractivity contribution in [3.63, 3.8) is 0 Å². The third kappa shape index (κ3) is 5.91. The number of halogens is 1. The Labute approximate surface area is 122 Å². The molecule has 19 heavy (non-hydrogen) atoms. The van der Waals surface area contributed by atoms with Gasteiger partial charge in [-0.2, -0.15) is 0 Å². The van der Waals surface area contributed by atoms with E-state index in [0.717, 1.165) is 4.47 Å². The van der Waals surface area contributed by atoms with E-state index in [2.05, 4.69) is 15.9 Å². The van der Waals surface area contributed by atoms with Crippen LogP contribution in [0.4, 0.5) is 0 Å². The monoisotopic (exact) mass is 332 g/mol. The fourth-order valence-electron chi connectivity index (χ4n) is 1.51. The number of hydrogen-bond acceptors (Lipinski definition) is 4. The molecule has 0 aromatic heterocycles. The van der Waals surface area contributed by atoms with Crippen LogP contribution >= 0.6 is 15.9 Å². The van der Waals surface area contributed by atoms with Crippen molar-refractivity contribution in [1.82, 2.24) is 0 Å². The van der Waals surface area contributed by atoms with Crippen LogP contribution in [0.3, 0.4) is 0 Å². The van der Waals surface area contributed by atoms with Gasteiger partial charge in [-0.25, -0.2) is 0 Å². The van der Waals surface area contributed by atoms with Crippen molar-refractivity contribution in [2.75, 3.05) is 13.2 Å². The molecule has 0 spiro atoms. The SMILES string of the molecule is CC(C)OCC(O)COc1ccc(Br)cc1[C@H](C)O. The molecule has 1 rings (SSSR count). The second-order valence-corrected chi connectivity index (χ2v) is 5.62. The maximum Gasteiger partial charge on any atom is 0.125 e. The number of rotatable bonds is 7. The van der Waals surface area contributed by atoms with Crippen LogP contribution in [0.1, 0.15) is 32.4 Å². The highest BCUT2D eigenvalue weighted by Gasteiger charge is 2.12. The summed E-state index contributed by atoms with van der Waals surface area (Å²) < 4.78 is 11.7. The number of ether oxygens (including phenoxy) is 2. The first-order valence-electron chi connectivity index (χ1n) is 6.30. The highest BCUT2D eigenvalue weighted by molar-refractivity contribution is 9.10. The van der Waals surface area contributed by atoms with Crippen molar-refractivity contribution in [3.05, 3.63) is 28.2 Å². The lowest BCUT2D eigenvalue weighted by molar-refractivity contribution is -0.0126. The average molecular weight is 333 g/mol. The van der Waals surface area contributed by atoms with E-state index in [9.17, 15) is 10.2 Å². The summed E-state index contributed by atoms with van der Waals surface area (Å²) in [4.78, 5) is 0. The average Bonchev–Trinajstić information content (AvgIpc) is 2.34.